The van der Waals surface area contributed by atoms with Gasteiger partial charge in [-0.05, 0) is 25.1 Å². The lowest BCUT2D eigenvalue weighted by atomic mass is 9.86. The van der Waals surface area contributed by atoms with Gasteiger partial charge in [-0.2, -0.15) is 0 Å². The van der Waals surface area contributed by atoms with Gasteiger partial charge in [0.2, 0.25) is 15.9 Å². The fraction of sp³-hybridized carbons (Fsp3) is 0.350. The minimum Gasteiger partial charge on any atom is -0.482 e. The number of para-hydroxylation sites is 2. The van der Waals surface area contributed by atoms with Crippen molar-refractivity contribution in [3.63, 3.8) is 0 Å². The van der Waals surface area contributed by atoms with Crippen molar-refractivity contribution in [2.75, 3.05) is 0 Å². The number of carbonyl (C=O) groups excluding carboxylic acids is 2. The van der Waals surface area contributed by atoms with Gasteiger partial charge in [-0.1, -0.05) is 36.7 Å². The van der Waals surface area contributed by atoms with Crippen LogP contribution in [0.25, 0.3) is 0 Å². The lowest BCUT2D eigenvalue weighted by Crippen LogP contribution is -2.41. The average molecular weight is 437 g/mol. The molecule has 1 N–H and O–H groups in total. The van der Waals surface area contributed by atoms with Crippen LogP contribution in [0, 0.1) is 5.92 Å². The second-order valence-corrected chi connectivity index (χ2v) is 9.43. The Morgan fingerprint density at radius 2 is 2.03 bits per heavy atom. The van der Waals surface area contributed by atoms with Crippen LogP contribution in [0.4, 0.5) is 5.69 Å². The largest absolute Gasteiger partial charge is 0.482 e. The molecule has 1 amide bonds. The molecular weight excluding hydrogens is 416 g/mol. The number of hydrogen-bond donors (Lipinski definition) is 1. The van der Waals surface area contributed by atoms with Crippen molar-refractivity contribution in [3.05, 3.63) is 47.0 Å². The van der Waals surface area contributed by atoms with E-state index >= 15 is 0 Å². The Kier molecular flexibility index (Phi) is 6.24. The molecular formula is C20H21ClN2O5S. The molecule has 29 heavy (non-hydrogen) atoms. The average Bonchev–Trinajstić information content (AvgIpc) is 2.86. The summed E-state index contributed by atoms with van der Waals surface area (Å²) >= 11 is 6.19. The van der Waals surface area contributed by atoms with Gasteiger partial charge in [0.15, 0.2) is 0 Å². The zero-order chi connectivity index (χ0) is 21.2. The molecule has 3 rings (SSSR count). The molecule has 7 nitrogen and oxygen atoms in total. The van der Waals surface area contributed by atoms with Crippen LogP contribution in [-0.2, 0) is 19.6 Å². The highest BCUT2D eigenvalue weighted by atomic mass is 35.5. The number of benzene rings is 1. The van der Waals surface area contributed by atoms with Crippen molar-refractivity contribution in [2.45, 2.75) is 38.0 Å². The molecule has 1 aromatic rings. The smallest absolute Gasteiger partial charge is 0.237 e. The maximum Gasteiger partial charge on any atom is 0.237 e. The number of hydrogen-bond acceptors (Lipinski definition) is 6. The SMILES string of the molecule is CCC(=O)NS(=O)(=O)C(C)CC(=O)C1C=C(Cl)C=C2C=Nc3ccccc3OC21. The van der Waals surface area contributed by atoms with E-state index in [1.54, 1.807) is 43.5 Å². The Morgan fingerprint density at radius 1 is 1.31 bits per heavy atom. The van der Waals surface area contributed by atoms with E-state index in [1.165, 1.54) is 6.92 Å². The number of nitrogens with one attached hydrogen (secondary N) is 1. The highest BCUT2D eigenvalue weighted by Crippen LogP contribution is 2.37. The number of carbonyl (C=O) groups is 2. The van der Waals surface area contributed by atoms with Crippen LogP contribution < -0.4 is 9.46 Å². The molecule has 0 saturated heterocycles. The first-order chi connectivity index (χ1) is 13.7. The lowest BCUT2D eigenvalue weighted by molar-refractivity contribution is -0.123. The molecule has 0 bridgehead atoms. The van der Waals surface area contributed by atoms with Crippen LogP contribution in [0.2, 0.25) is 0 Å². The zero-order valence-electron chi connectivity index (χ0n) is 16.0. The zero-order valence-corrected chi connectivity index (χ0v) is 17.5. The standard InChI is InChI=1S/C20H21ClN2O5S/c1-3-19(25)23-29(26,27)12(2)8-17(24)15-10-14(21)9-13-11-22-16-6-4-5-7-18(16)28-20(13)15/h4-7,9-12,15,20H,3,8H2,1-2H3,(H,23,25). The fourth-order valence-electron chi connectivity index (χ4n) is 3.07. The maximum atomic E-state index is 13.0. The van der Waals surface area contributed by atoms with Gasteiger partial charge in [0.05, 0.1) is 11.2 Å². The molecule has 2 aliphatic rings. The number of halogens is 1. The van der Waals surface area contributed by atoms with Crippen molar-refractivity contribution in [1.82, 2.24) is 4.72 Å². The molecule has 1 aromatic carbocycles. The van der Waals surface area contributed by atoms with E-state index in [2.05, 4.69) is 4.99 Å². The Morgan fingerprint density at radius 3 is 2.76 bits per heavy atom. The molecule has 0 radical (unpaired) electrons. The fourth-order valence-corrected chi connectivity index (χ4v) is 4.38. The number of aliphatic imine (C=N–C) groups is 1. The van der Waals surface area contributed by atoms with E-state index in [4.69, 9.17) is 16.3 Å². The third-order valence-corrected chi connectivity index (χ3v) is 6.71. The second kappa shape index (κ2) is 8.51. The van der Waals surface area contributed by atoms with E-state index in [1.807, 2.05) is 10.8 Å². The number of ether oxygens (including phenoxy) is 1. The van der Waals surface area contributed by atoms with Crippen molar-refractivity contribution >= 4 is 45.2 Å². The van der Waals surface area contributed by atoms with Crippen LogP contribution >= 0.6 is 11.6 Å². The minimum atomic E-state index is -3.96. The van der Waals surface area contributed by atoms with E-state index in [-0.39, 0.29) is 18.6 Å². The highest BCUT2D eigenvalue weighted by molar-refractivity contribution is 7.90. The molecule has 0 saturated carbocycles. The number of fused-ring (bicyclic) bond motifs is 2. The van der Waals surface area contributed by atoms with Crippen LogP contribution in [0.5, 0.6) is 5.75 Å². The third kappa shape index (κ3) is 4.76. The summed E-state index contributed by atoms with van der Waals surface area (Å²) in [5.74, 6) is -1.22. The van der Waals surface area contributed by atoms with E-state index in [9.17, 15) is 18.0 Å². The van der Waals surface area contributed by atoms with Crippen LogP contribution in [0.1, 0.15) is 26.7 Å². The molecule has 154 valence electrons. The molecule has 3 unspecified atom stereocenters. The van der Waals surface area contributed by atoms with E-state index in [0.29, 0.717) is 22.0 Å². The summed E-state index contributed by atoms with van der Waals surface area (Å²) in [6, 6.07) is 7.18. The van der Waals surface area contributed by atoms with Gasteiger partial charge >= 0.3 is 0 Å². The monoisotopic (exact) mass is 436 g/mol. The number of ketones is 1. The number of allylic oxidation sites excluding steroid dienone is 2. The summed E-state index contributed by atoms with van der Waals surface area (Å²) in [6.07, 6.45) is 3.91. The quantitative estimate of drug-likeness (QED) is 0.738. The van der Waals surface area contributed by atoms with Gasteiger partial charge in [-0.15, -0.1) is 0 Å². The molecule has 0 aromatic heterocycles. The Labute approximate surface area is 174 Å². The summed E-state index contributed by atoms with van der Waals surface area (Å²) in [4.78, 5) is 28.8. The van der Waals surface area contributed by atoms with Crippen molar-refractivity contribution < 1.29 is 22.7 Å². The number of Topliss-reactive ketones (excluding diaryl/α,β-unsaturated/α-hetero) is 1. The summed E-state index contributed by atoms with van der Waals surface area (Å²) in [5.41, 5.74) is 1.25. The Bertz CT molecular complexity index is 1030. The minimum absolute atomic E-state index is 0.0314. The third-order valence-electron chi connectivity index (χ3n) is 4.74. The van der Waals surface area contributed by atoms with Gasteiger partial charge in [0.25, 0.3) is 0 Å². The summed E-state index contributed by atoms with van der Waals surface area (Å²) < 4.78 is 32.6. The van der Waals surface area contributed by atoms with Gasteiger partial charge in [0, 0.05) is 29.7 Å². The molecule has 1 aliphatic heterocycles. The van der Waals surface area contributed by atoms with Crippen molar-refractivity contribution in [2.24, 2.45) is 10.9 Å². The topological polar surface area (TPSA) is 102 Å². The van der Waals surface area contributed by atoms with E-state index in [0.717, 1.165) is 0 Å². The second-order valence-electron chi connectivity index (χ2n) is 6.89. The predicted octanol–water partition coefficient (Wildman–Crippen LogP) is 3.03. The van der Waals surface area contributed by atoms with Gasteiger partial charge in [0.1, 0.15) is 23.3 Å². The van der Waals surface area contributed by atoms with Crippen LogP contribution in [-0.4, -0.2) is 37.7 Å². The first kappa shape index (κ1) is 21.3. The number of amides is 1. The summed E-state index contributed by atoms with van der Waals surface area (Å²) in [7, 11) is -3.96. The molecule has 1 heterocycles. The number of rotatable bonds is 6. The molecule has 0 spiro atoms. The van der Waals surface area contributed by atoms with Crippen LogP contribution in [0.15, 0.2) is 52.0 Å². The number of sulfonamides is 1. The van der Waals surface area contributed by atoms with Gasteiger partial charge in [-0.3, -0.25) is 19.3 Å². The predicted molar refractivity (Wildman–Crippen MR) is 111 cm³/mol. The summed E-state index contributed by atoms with van der Waals surface area (Å²) in [6.45, 7) is 2.94. The first-order valence-electron chi connectivity index (χ1n) is 9.17. The van der Waals surface area contributed by atoms with Crippen LogP contribution in [0.3, 0.4) is 0 Å². The normalized spacial score (nSPS) is 21.5. The van der Waals surface area contributed by atoms with Crippen molar-refractivity contribution in [1.29, 1.82) is 0 Å². The maximum absolute atomic E-state index is 13.0. The first-order valence-corrected chi connectivity index (χ1v) is 11.1. The Hall–Kier alpha value is -2.45. The molecule has 0 fully saturated rings. The Balaban J connectivity index is 1.82. The van der Waals surface area contributed by atoms with E-state index < -0.39 is 33.2 Å². The van der Waals surface area contributed by atoms with Gasteiger partial charge < -0.3 is 4.74 Å². The molecule has 1 aliphatic carbocycles. The van der Waals surface area contributed by atoms with Crippen molar-refractivity contribution in [3.8, 4) is 5.75 Å². The molecule has 3 atom stereocenters. The highest BCUT2D eigenvalue weighted by Gasteiger charge is 2.37. The lowest BCUT2D eigenvalue weighted by Gasteiger charge is -2.28. The van der Waals surface area contributed by atoms with Gasteiger partial charge in [-0.25, -0.2) is 8.42 Å². The molecule has 9 heteroatoms. The summed E-state index contributed by atoms with van der Waals surface area (Å²) in [5, 5.41) is -0.732. The number of nitrogens with zero attached hydrogens (tertiary/aromatic N) is 1.